The van der Waals surface area contributed by atoms with E-state index in [-0.39, 0.29) is 0 Å². The van der Waals surface area contributed by atoms with E-state index in [1.807, 2.05) is 0 Å². The number of carbonyl (C=O) groups is 2. The van der Waals surface area contributed by atoms with Crippen LogP contribution in [0.4, 0.5) is 0 Å². The molecule has 0 aromatic rings. The lowest BCUT2D eigenvalue weighted by Crippen LogP contribution is -2.26. The van der Waals surface area contributed by atoms with Gasteiger partial charge in [-0.25, -0.2) is 0 Å². The maximum Gasteiger partial charge on any atom is 0.313 e. The summed E-state index contributed by atoms with van der Waals surface area (Å²) in [6.45, 7) is 4.51. The minimum atomic E-state index is -0.911. The van der Waals surface area contributed by atoms with Crippen LogP contribution in [0.3, 0.4) is 0 Å². The Kier molecular flexibility index (Phi) is 1.67. The lowest BCUT2D eigenvalue weighted by Gasteiger charge is -2.14. The number of rotatable bonds is 2. The second-order valence-corrected chi connectivity index (χ2v) is 3.64. The van der Waals surface area contributed by atoms with Crippen LogP contribution < -0.4 is 0 Å². The van der Waals surface area contributed by atoms with Gasteiger partial charge < -0.3 is 9.84 Å². The first-order valence-corrected chi connectivity index (χ1v) is 3.75. The van der Waals surface area contributed by atoms with Gasteiger partial charge in [-0.2, -0.15) is 0 Å². The molecule has 1 aliphatic carbocycles. The summed E-state index contributed by atoms with van der Waals surface area (Å²) in [5, 5.41) is 8.77. The maximum atomic E-state index is 10.7. The van der Waals surface area contributed by atoms with Crippen LogP contribution in [0, 0.1) is 5.41 Å². The molecule has 0 aliphatic heterocycles. The first-order chi connectivity index (χ1) is 5.32. The van der Waals surface area contributed by atoms with Crippen molar-refractivity contribution in [3.63, 3.8) is 0 Å². The molecule has 12 heavy (non-hydrogen) atoms. The van der Waals surface area contributed by atoms with E-state index >= 15 is 0 Å². The van der Waals surface area contributed by atoms with Crippen LogP contribution in [0.5, 0.6) is 0 Å². The van der Waals surface area contributed by atoms with Crippen molar-refractivity contribution in [1.29, 1.82) is 0 Å². The van der Waals surface area contributed by atoms with Gasteiger partial charge in [0.1, 0.15) is 11.0 Å². The van der Waals surface area contributed by atoms with E-state index in [1.54, 1.807) is 13.8 Å². The molecular formula is C8H12O4. The topological polar surface area (TPSA) is 63.6 Å². The minimum absolute atomic E-state index is 0.398. The van der Waals surface area contributed by atoms with E-state index in [9.17, 15) is 9.59 Å². The quantitative estimate of drug-likeness (QED) is 0.626. The van der Waals surface area contributed by atoms with Crippen LogP contribution in [0.25, 0.3) is 0 Å². The molecule has 68 valence electrons. The van der Waals surface area contributed by atoms with E-state index in [0.717, 1.165) is 0 Å². The highest BCUT2D eigenvalue weighted by Crippen LogP contribution is 2.58. The van der Waals surface area contributed by atoms with E-state index in [1.165, 1.54) is 6.92 Å². The van der Waals surface area contributed by atoms with Gasteiger partial charge in [0.2, 0.25) is 0 Å². The fraction of sp³-hybridized carbons (Fsp3) is 0.750. The van der Waals surface area contributed by atoms with Crippen LogP contribution in [0.1, 0.15) is 27.2 Å². The monoisotopic (exact) mass is 172 g/mol. The normalized spacial score (nSPS) is 38.9. The fourth-order valence-electron chi connectivity index (χ4n) is 1.40. The SMILES string of the molecule is CC(=O)O[C@]1(C)C[C@]1(C)C(=O)O. The third-order valence-electron chi connectivity index (χ3n) is 2.57. The fourth-order valence-corrected chi connectivity index (χ4v) is 1.40. The Morgan fingerprint density at radius 1 is 1.42 bits per heavy atom. The Labute approximate surface area is 70.5 Å². The van der Waals surface area contributed by atoms with Gasteiger partial charge in [-0.3, -0.25) is 9.59 Å². The average molecular weight is 172 g/mol. The number of carboxylic acid groups (broad SMARTS) is 1. The largest absolute Gasteiger partial charge is 0.481 e. The van der Waals surface area contributed by atoms with Crippen LogP contribution in [0.15, 0.2) is 0 Å². The van der Waals surface area contributed by atoms with Gasteiger partial charge in [0.05, 0.1) is 0 Å². The van der Waals surface area contributed by atoms with Crippen molar-refractivity contribution < 1.29 is 19.4 Å². The average Bonchev–Trinajstić information content (AvgIpc) is 2.33. The van der Waals surface area contributed by atoms with Gasteiger partial charge in [-0.05, 0) is 13.8 Å². The van der Waals surface area contributed by atoms with Gasteiger partial charge in [0.25, 0.3) is 0 Å². The number of esters is 1. The first-order valence-electron chi connectivity index (χ1n) is 3.75. The predicted molar refractivity (Wildman–Crippen MR) is 40.5 cm³/mol. The highest BCUT2D eigenvalue weighted by atomic mass is 16.6. The van der Waals surface area contributed by atoms with E-state index in [0.29, 0.717) is 6.42 Å². The second kappa shape index (κ2) is 2.21. The number of ether oxygens (including phenoxy) is 1. The Morgan fingerprint density at radius 2 is 1.92 bits per heavy atom. The van der Waals surface area contributed by atoms with E-state index in [2.05, 4.69) is 0 Å². The molecule has 1 N–H and O–H groups in total. The number of hydrogen-bond acceptors (Lipinski definition) is 3. The summed E-state index contributed by atoms with van der Waals surface area (Å²) in [4.78, 5) is 21.3. The predicted octanol–water partition coefficient (Wildman–Crippen LogP) is 0.803. The molecule has 1 aliphatic rings. The summed E-state index contributed by atoms with van der Waals surface area (Å²) < 4.78 is 4.91. The Balaban J connectivity index is 2.70. The summed E-state index contributed by atoms with van der Waals surface area (Å²) >= 11 is 0. The summed E-state index contributed by atoms with van der Waals surface area (Å²) in [5.41, 5.74) is -1.69. The van der Waals surface area contributed by atoms with Crippen molar-refractivity contribution in [2.75, 3.05) is 0 Å². The molecular weight excluding hydrogens is 160 g/mol. The number of hydrogen-bond donors (Lipinski definition) is 1. The number of carboxylic acids is 1. The molecule has 0 aromatic heterocycles. The molecule has 0 bridgehead atoms. The zero-order valence-electron chi connectivity index (χ0n) is 7.38. The third kappa shape index (κ3) is 1.07. The molecule has 1 fully saturated rings. The number of carbonyl (C=O) groups excluding carboxylic acids is 1. The van der Waals surface area contributed by atoms with E-state index < -0.39 is 23.0 Å². The van der Waals surface area contributed by atoms with Gasteiger partial charge in [-0.15, -0.1) is 0 Å². The lowest BCUT2D eigenvalue weighted by atomic mass is 10.1. The highest BCUT2D eigenvalue weighted by molar-refractivity contribution is 5.81. The molecule has 0 heterocycles. The van der Waals surface area contributed by atoms with E-state index in [4.69, 9.17) is 9.84 Å². The standard InChI is InChI=1S/C8H12O4/c1-5(9)12-8(3)4-7(8,2)6(10)11/h4H2,1-3H3,(H,10,11)/t7-,8-/m1/s1. The first kappa shape index (κ1) is 9.03. The molecule has 4 heteroatoms. The van der Waals surface area contributed by atoms with Crippen LogP contribution in [0.2, 0.25) is 0 Å². The van der Waals surface area contributed by atoms with Gasteiger partial charge in [0.15, 0.2) is 0 Å². The molecule has 0 radical (unpaired) electrons. The van der Waals surface area contributed by atoms with Gasteiger partial charge in [0, 0.05) is 13.3 Å². The minimum Gasteiger partial charge on any atom is -0.481 e. The molecule has 0 amide bonds. The Morgan fingerprint density at radius 3 is 2.17 bits per heavy atom. The Bertz CT molecular complexity index is 247. The molecule has 0 saturated heterocycles. The molecule has 0 aromatic carbocycles. The smallest absolute Gasteiger partial charge is 0.313 e. The van der Waals surface area contributed by atoms with Crippen molar-refractivity contribution in [3.8, 4) is 0 Å². The highest BCUT2D eigenvalue weighted by Gasteiger charge is 2.69. The molecule has 4 nitrogen and oxygen atoms in total. The Hall–Kier alpha value is -1.06. The summed E-state index contributed by atoms with van der Waals surface area (Å²) in [6.07, 6.45) is 0.398. The zero-order chi connectivity index (χ0) is 9.57. The molecule has 2 atom stereocenters. The molecule has 0 unspecified atom stereocenters. The summed E-state index contributed by atoms with van der Waals surface area (Å²) in [5.74, 6) is -1.34. The van der Waals surface area contributed by atoms with Crippen LogP contribution >= 0.6 is 0 Å². The molecule has 1 saturated carbocycles. The maximum absolute atomic E-state index is 10.7. The van der Waals surface area contributed by atoms with Crippen molar-refractivity contribution in [3.05, 3.63) is 0 Å². The summed E-state index contributed by atoms with van der Waals surface area (Å²) in [6, 6.07) is 0. The number of aliphatic carboxylic acids is 1. The zero-order valence-corrected chi connectivity index (χ0v) is 7.38. The molecule has 0 spiro atoms. The molecule has 1 rings (SSSR count). The second-order valence-electron chi connectivity index (χ2n) is 3.64. The van der Waals surface area contributed by atoms with Gasteiger partial charge >= 0.3 is 11.9 Å². The third-order valence-corrected chi connectivity index (χ3v) is 2.57. The van der Waals surface area contributed by atoms with Gasteiger partial charge in [-0.1, -0.05) is 0 Å². The van der Waals surface area contributed by atoms with Crippen molar-refractivity contribution in [2.24, 2.45) is 5.41 Å². The van der Waals surface area contributed by atoms with Crippen molar-refractivity contribution in [1.82, 2.24) is 0 Å². The van der Waals surface area contributed by atoms with Crippen LogP contribution in [-0.2, 0) is 14.3 Å². The summed E-state index contributed by atoms with van der Waals surface area (Å²) in [7, 11) is 0. The van der Waals surface area contributed by atoms with Crippen molar-refractivity contribution >= 4 is 11.9 Å². The van der Waals surface area contributed by atoms with Crippen molar-refractivity contribution in [2.45, 2.75) is 32.8 Å². The van der Waals surface area contributed by atoms with Crippen LogP contribution in [-0.4, -0.2) is 22.6 Å². The lowest BCUT2D eigenvalue weighted by molar-refractivity contribution is -0.155.